The Morgan fingerprint density at radius 2 is 1.82 bits per heavy atom. The minimum absolute atomic E-state index is 0.453. The second-order valence-corrected chi connectivity index (χ2v) is 3.31. The fraction of sp³-hybridized carbons (Fsp3) is 0.250. The van der Waals surface area contributed by atoms with Crippen LogP contribution in [0.1, 0.15) is 11.1 Å². The highest BCUT2D eigenvalue weighted by molar-refractivity contribution is 6.43. The summed E-state index contributed by atoms with van der Waals surface area (Å²) in [5.74, 6) is 0. The van der Waals surface area contributed by atoms with Crippen LogP contribution >= 0.6 is 23.2 Å². The van der Waals surface area contributed by atoms with Gasteiger partial charge in [-0.3, -0.25) is 0 Å². The third-order valence-corrected chi connectivity index (χ3v) is 2.59. The van der Waals surface area contributed by atoms with Gasteiger partial charge in [-0.25, -0.2) is 0 Å². The number of benzene rings is 1. The number of hydrogen-bond donors (Lipinski definition) is 1. The summed E-state index contributed by atoms with van der Waals surface area (Å²) in [6, 6.07) is 1.82. The van der Waals surface area contributed by atoms with Crippen LogP contribution in [0.2, 0.25) is 10.0 Å². The molecule has 2 N–H and O–H groups in total. The maximum atomic E-state index is 5.80. The molecule has 0 amide bonds. The molecule has 1 rings (SSSR count). The lowest BCUT2D eigenvalue weighted by molar-refractivity contribution is 1.35. The SMILES string of the molecule is Cc1cc(Cl)c(Cl)c(N)c1C. The molecule has 0 radical (unpaired) electrons. The van der Waals surface area contributed by atoms with E-state index in [1.807, 2.05) is 19.9 Å². The van der Waals surface area contributed by atoms with Gasteiger partial charge >= 0.3 is 0 Å². The van der Waals surface area contributed by atoms with E-state index in [0.717, 1.165) is 11.1 Å². The van der Waals surface area contributed by atoms with Crippen molar-refractivity contribution < 1.29 is 0 Å². The van der Waals surface area contributed by atoms with Crippen LogP contribution in [0.25, 0.3) is 0 Å². The van der Waals surface area contributed by atoms with E-state index in [1.54, 1.807) is 0 Å². The van der Waals surface area contributed by atoms with E-state index in [1.165, 1.54) is 0 Å². The molecule has 0 heterocycles. The Bertz CT molecular complexity index is 268. The predicted octanol–water partition coefficient (Wildman–Crippen LogP) is 3.19. The fourth-order valence-corrected chi connectivity index (χ4v) is 1.33. The number of rotatable bonds is 0. The third-order valence-electron chi connectivity index (χ3n) is 1.78. The highest BCUT2D eigenvalue weighted by Gasteiger charge is 2.06. The van der Waals surface area contributed by atoms with E-state index in [-0.39, 0.29) is 0 Å². The summed E-state index contributed by atoms with van der Waals surface area (Å²) in [5, 5.41) is 0.974. The molecule has 60 valence electrons. The Kier molecular flexibility index (Phi) is 2.31. The number of aryl methyl sites for hydroxylation is 1. The molecular weight excluding hydrogens is 181 g/mol. The Balaban J connectivity index is 3.46. The van der Waals surface area contributed by atoms with Gasteiger partial charge in [0.25, 0.3) is 0 Å². The van der Waals surface area contributed by atoms with Crippen LogP contribution in [0.4, 0.5) is 5.69 Å². The predicted molar refractivity (Wildman–Crippen MR) is 50.3 cm³/mol. The van der Waals surface area contributed by atoms with Gasteiger partial charge in [-0.1, -0.05) is 23.2 Å². The molecule has 0 aliphatic carbocycles. The zero-order valence-corrected chi connectivity index (χ0v) is 7.92. The highest BCUT2D eigenvalue weighted by atomic mass is 35.5. The molecule has 3 heteroatoms. The second-order valence-electron chi connectivity index (χ2n) is 2.53. The molecule has 0 saturated heterocycles. The van der Waals surface area contributed by atoms with Gasteiger partial charge in [0.1, 0.15) is 0 Å². The van der Waals surface area contributed by atoms with Gasteiger partial charge in [-0.15, -0.1) is 0 Å². The van der Waals surface area contributed by atoms with Gasteiger partial charge in [0.2, 0.25) is 0 Å². The summed E-state index contributed by atoms with van der Waals surface area (Å²) < 4.78 is 0. The van der Waals surface area contributed by atoms with E-state index < -0.39 is 0 Å². The van der Waals surface area contributed by atoms with E-state index in [4.69, 9.17) is 28.9 Å². The first kappa shape index (κ1) is 8.69. The maximum Gasteiger partial charge on any atom is 0.0824 e. The molecule has 0 aromatic heterocycles. The summed E-state index contributed by atoms with van der Waals surface area (Å²) in [5.41, 5.74) is 8.31. The number of nitrogen functional groups attached to an aromatic ring is 1. The van der Waals surface area contributed by atoms with Gasteiger partial charge in [0.05, 0.1) is 15.7 Å². The molecule has 0 aliphatic rings. The summed E-state index contributed by atoms with van der Waals surface area (Å²) in [6.07, 6.45) is 0. The Hall–Kier alpha value is -0.400. The average Bonchev–Trinajstić information content (AvgIpc) is 1.97. The minimum atomic E-state index is 0.453. The van der Waals surface area contributed by atoms with Crippen LogP contribution in [0.15, 0.2) is 6.07 Å². The Morgan fingerprint density at radius 3 is 2.36 bits per heavy atom. The van der Waals surface area contributed by atoms with Crippen LogP contribution in [-0.4, -0.2) is 0 Å². The lowest BCUT2D eigenvalue weighted by Gasteiger charge is -2.07. The molecule has 0 fully saturated rings. The summed E-state index contributed by atoms with van der Waals surface area (Å²) in [6.45, 7) is 3.88. The lowest BCUT2D eigenvalue weighted by Crippen LogP contribution is -1.93. The lowest BCUT2D eigenvalue weighted by atomic mass is 10.1. The monoisotopic (exact) mass is 189 g/mol. The molecule has 1 nitrogen and oxygen atoms in total. The average molecular weight is 190 g/mol. The summed E-state index contributed by atoms with van der Waals surface area (Å²) >= 11 is 11.6. The third kappa shape index (κ3) is 1.44. The number of nitrogens with two attached hydrogens (primary N) is 1. The maximum absolute atomic E-state index is 5.80. The fourth-order valence-electron chi connectivity index (χ4n) is 0.867. The van der Waals surface area contributed by atoms with Crippen molar-refractivity contribution in [1.29, 1.82) is 0 Å². The zero-order valence-electron chi connectivity index (χ0n) is 6.41. The first-order valence-electron chi connectivity index (χ1n) is 3.24. The van der Waals surface area contributed by atoms with Crippen molar-refractivity contribution in [1.82, 2.24) is 0 Å². The van der Waals surface area contributed by atoms with Crippen LogP contribution < -0.4 is 5.73 Å². The van der Waals surface area contributed by atoms with Crippen molar-refractivity contribution in [2.75, 3.05) is 5.73 Å². The van der Waals surface area contributed by atoms with Crippen molar-refractivity contribution >= 4 is 28.9 Å². The van der Waals surface area contributed by atoms with Crippen LogP contribution in [0.3, 0.4) is 0 Å². The molecule has 0 atom stereocenters. The van der Waals surface area contributed by atoms with Crippen molar-refractivity contribution in [3.8, 4) is 0 Å². The first-order valence-corrected chi connectivity index (χ1v) is 4.00. The quantitative estimate of drug-likeness (QED) is 0.624. The molecule has 1 aromatic carbocycles. The highest BCUT2D eigenvalue weighted by Crippen LogP contribution is 2.32. The largest absolute Gasteiger partial charge is 0.397 e. The molecule has 0 aliphatic heterocycles. The molecule has 0 bridgehead atoms. The van der Waals surface area contributed by atoms with Crippen molar-refractivity contribution in [3.05, 3.63) is 27.2 Å². The minimum Gasteiger partial charge on any atom is -0.397 e. The van der Waals surface area contributed by atoms with Gasteiger partial charge < -0.3 is 5.73 Å². The first-order chi connectivity index (χ1) is 5.04. The van der Waals surface area contributed by atoms with Crippen LogP contribution in [0, 0.1) is 13.8 Å². The van der Waals surface area contributed by atoms with Gasteiger partial charge in [0.15, 0.2) is 0 Å². The molecule has 0 unspecified atom stereocenters. The normalized spacial score (nSPS) is 10.2. The molecule has 1 aromatic rings. The number of hydrogen-bond acceptors (Lipinski definition) is 1. The van der Waals surface area contributed by atoms with Crippen LogP contribution in [-0.2, 0) is 0 Å². The Labute approximate surface area is 76.1 Å². The molecular formula is C8H9Cl2N. The van der Waals surface area contributed by atoms with E-state index in [9.17, 15) is 0 Å². The summed E-state index contributed by atoms with van der Waals surface area (Å²) in [4.78, 5) is 0. The molecule has 11 heavy (non-hydrogen) atoms. The number of halogens is 2. The van der Waals surface area contributed by atoms with Gasteiger partial charge in [0, 0.05) is 0 Å². The van der Waals surface area contributed by atoms with Crippen molar-refractivity contribution in [3.63, 3.8) is 0 Å². The van der Waals surface area contributed by atoms with E-state index in [0.29, 0.717) is 15.7 Å². The van der Waals surface area contributed by atoms with E-state index in [2.05, 4.69) is 0 Å². The van der Waals surface area contributed by atoms with E-state index >= 15 is 0 Å². The van der Waals surface area contributed by atoms with Crippen molar-refractivity contribution in [2.45, 2.75) is 13.8 Å². The second kappa shape index (κ2) is 2.92. The Morgan fingerprint density at radius 1 is 1.27 bits per heavy atom. The van der Waals surface area contributed by atoms with Crippen molar-refractivity contribution in [2.24, 2.45) is 0 Å². The van der Waals surface area contributed by atoms with Crippen LogP contribution in [0.5, 0.6) is 0 Å². The smallest absolute Gasteiger partial charge is 0.0824 e. The standard InChI is InChI=1S/C8H9Cl2N/c1-4-3-6(9)7(10)8(11)5(4)2/h3H,11H2,1-2H3. The van der Waals surface area contributed by atoms with Gasteiger partial charge in [-0.2, -0.15) is 0 Å². The number of anilines is 1. The van der Waals surface area contributed by atoms with Gasteiger partial charge in [-0.05, 0) is 31.0 Å². The topological polar surface area (TPSA) is 26.0 Å². The zero-order chi connectivity index (χ0) is 8.59. The molecule has 0 spiro atoms. The summed E-state index contributed by atoms with van der Waals surface area (Å²) in [7, 11) is 0. The molecule has 0 saturated carbocycles.